The SMILES string of the molecule is Cn1nc(-c2ccc(OCc3ccccc3)nc2OCc2ccccc2)c2cccc(N3CCN(C(C)(C)N4CCN(C(=O)OC(C)(C)C)CC4)CC3)c21. The maximum atomic E-state index is 12.7. The number of carbonyl (C=O) groups excluding carboxylic acids is 1. The molecule has 284 valence electrons. The number of aryl methyl sites for hydroxylation is 1. The smallest absolute Gasteiger partial charge is 0.410 e. The van der Waals surface area contributed by atoms with Gasteiger partial charge < -0.3 is 24.0 Å². The van der Waals surface area contributed by atoms with Crippen molar-refractivity contribution in [2.75, 3.05) is 57.3 Å². The summed E-state index contributed by atoms with van der Waals surface area (Å²) in [5, 5.41) is 6.13. The minimum absolute atomic E-state index is 0.141. The quantitative estimate of drug-likeness (QED) is 0.148. The molecule has 0 radical (unpaired) electrons. The van der Waals surface area contributed by atoms with Crippen LogP contribution in [0.2, 0.25) is 0 Å². The summed E-state index contributed by atoms with van der Waals surface area (Å²) < 4.78 is 20.2. The molecule has 0 N–H and O–H groups in total. The Kier molecular flexibility index (Phi) is 10.8. The molecule has 2 aliphatic rings. The standard InChI is InChI=1S/C43H53N7O4/c1-42(2,3)54-41(51)48-24-28-50(29-25-48)43(4,5)49-26-22-47(23-27-49)36-19-13-18-34-38(45-46(6)39(34)36)35-20-21-37(52-30-32-14-9-7-10-15-32)44-40(35)53-31-33-16-11-8-12-17-33/h7-21H,22-31H2,1-6H3. The van der Waals surface area contributed by atoms with Crippen molar-refractivity contribution in [1.29, 1.82) is 0 Å². The van der Waals surface area contributed by atoms with Gasteiger partial charge >= 0.3 is 6.09 Å². The fraction of sp³-hybridized carbons (Fsp3) is 0.419. The lowest BCUT2D eigenvalue weighted by atomic mass is 10.1. The third kappa shape index (κ3) is 8.32. The third-order valence-corrected chi connectivity index (χ3v) is 10.5. The van der Waals surface area contributed by atoms with Gasteiger partial charge in [0, 0.05) is 70.9 Å². The number of hydrogen-bond acceptors (Lipinski definition) is 9. The topological polar surface area (TPSA) is 88.4 Å². The second-order valence-electron chi connectivity index (χ2n) is 15.6. The van der Waals surface area contributed by atoms with Crippen molar-refractivity contribution in [3.8, 4) is 23.0 Å². The molecule has 5 aromatic rings. The van der Waals surface area contributed by atoms with Crippen LogP contribution in [-0.2, 0) is 25.0 Å². The van der Waals surface area contributed by atoms with E-state index in [1.54, 1.807) is 0 Å². The van der Waals surface area contributed by atoms with Crippen LogP contribution in [0.5, 0.6) is 11.8 Å². The number of hydrogen-bond donors (Lipinski definition) is 0. The first-order valence-corrected chi connectivity index (χ1v) is 19.0. The van der Waals surface area contributed by atoms with Gasteiger partial charge in [-0.1, -0.05) is 72.8 Å². The van der Waals surface area contributed by atoms with Crippen molar-refractivity contribution >= 4 is 22.7 Å². The molecule has 0 spiro atoms. The highest BCUT2D eigenvalue weighted by molar-refractivity contribution is 6.01. The molecule has 54 heavy (non-hydrogen) atoms. The van der Waals surface area contributed by atoms with E-state index in [0.29, 0.717) is 38.1 Å². The first kappa shape index (κ1) is 37.2. The number of rotatable bonds is 10. The lowest BCUT2D eigenvalue weighted by Crippen LogP contribution is -2.65. The van der Waals surface area contributed by atoms with Crippen LogP contribution in [-0.4, -0.2) is 99.2 Å². The molecule has 0 aliphatic carbocycles. The molecular weight excluding hydrogens is 679 g/mol. The minimum Gasteiger partial charge on any atom is -0.473 e. The van der Waals surface area contributed by atoms with E-state index in [0.717, 1.165) is 72.6 Å². The Hall–Kier alpha value is -5.13. The number of aromatic nitrogens is 3. The lowest BCUT2D eigenvalue weighted by molar-refractivity contribution is -0.0605. The number of amides is 1. The van der Waals surface area contributed by atoms with Gasteiger partial charge in [0.15, 0.2) is 0 Å². The summed E-state index contributed by atoms with van der Waals surface area (Å²) in [5.41, 5.74) is 5.38. The van der Waals surface area contributed by atoms with E-state index in [1.807, 2.05) is 110 Å². The van der Waals surface area contributed by atoms with Crippen LogP contribution in [0.4, 0.5) is 10.5 Å². The number of pyridine rings is 1. The summed E-state index contributed by atoms with van der Waals surface area (Å²) >= 11 is 0. The number of carbonyl (C=O) groups is 1. The van der Waals surface area contributed by atoms with E-state index in [1.165, 1.54) is 5.69 Å². The number of ether oxygens (including phenoxy) is 3. The average Bonchev–Trinajstić information content (AvgIpc) is 3.52. The minimum atomic E-state index is -0.491. The fourth-order valence-corrected chi connectivity index (χ4v) is 7.48. The number of piperazine rings is 2. The second-order valence-corrected chi connectivity index (χ2v) is 15.6. The van der Waals surface area contributed by atoms with Crippen molar-refractivity contribution in [3.63, 3.8) is 0 Å². The maximum Gasteiger partial charge on any atom is 0.410 e. The molecule has 1 amide bonds. The van der Waals surface area contributed by atoms with E-state index >= 15 is 0 Å². The van der Waals surface area contributed by atoms with Gasteiger partial charge in [0.25, 0.3) is 0 Å². The van der Waals surface area contributed by atoms with Crippen LogP contribution in [0.25, 0.3) is 22.2 Å². The van der Waals surface area contributed by atoms with E-state index < -0.39 is 5.60 Å². The highest BCUT2D eigenvalue weighted by Gasteiger charge is 2.38. The van der Waals surface area contributed by atoms with Gasteiger partial charge in [0.2, 0.25) is 11.8 Å². The van der Waals surface area contributed by atoms with E-state index in [2.05, 4.69) is 46.7 Å². The molecule has 2 saturated heterocycles. The van der Waals surface area contributed by atoms with Crippen LogP contribution in [0, 0.1) is 0 Å². The molecule has 7 rings (SSSR count). The van der Waals surface area contributed by atoms with Crippen molar-refractivity contribution in [1.82, 2.24) is 29.5 Å². The summed E-state index contributed by atoms with van der Waals surface area (Å²) in [7, 11) is 2.01. The largest absolute Gasteiger partial charge is 0.473 e. The number of anilines is 1. The molecule has 2 fully saturated rings. The Morgan fingerprint density at radius 2 is 1.28 bits per heavy atom. The predicted molar refractivity (Wildman–Crippen MR) is 213 cm³/mol. The third-order valence-electron chi connectivity index (χ3n) is 10.5. The number of fused-ring (bicyclic) bond motifs is 1. The molecule has 4 heterocycles. The first-order chi connectivity index (χ1) is 26.0. The highest BCUT2D eigenvalue weighted by atomic mass is 16.6. The Bertz CT molecular complexity index is 2030. The van der Waals surface area contributed by atoms with Crippen LogP contribution in [0.1, 0.15) is 45.7 Å². The van der Waals surface area contributed by atoms with Gasteiger partial charge in [-0.3, -0.25) is 14.5 Å². The monoisotopic (exact) mass is 731 g/mol. The number of benzene rings is 3. The summed E-state index contributed by atoms with van der Waals surface area (Å²) in [4.78, 5) is 26.9. The molecule has 0 atom stereocenters. The summed E-state index contributed by atoms with van der Waals surface area (Å²) in [6.07, 6.45) is -0.224. The summed E-state index contributed by atoms with van der Waals surface area (Å²) in [5.74, 6) is 0.981. The molecule has 2 aromatic heterocycles. The van der Waals surface area contributed by atoms with Crippen LogP contribution in [0.3, 0.4) is 0 Å². The second kappa shape index (κ2) is 15.7. The van der Waals surface area contributed by atoms with Crippen LogP contribution < -0.4 is 14.4 Å². The van der Waals surface area contributed by atoms with E-state index in [4.69, 9.17) is 24.3 Å². The van der Waals surface area contributed by atoms with Gasteiger partial charge in [0.05, 0.1) is 22.4 Å². The summed E-state index contributed by atoms with van der Waals surface area (Å²) in [6, 6.07) is 30.6. The molecule has 11 heteroatoms. The number of para-hydroxylation sites is 1. The normalized spacial score (nSPS) is 16.1. The molecule has 0 unspecified atom stereocenters. The maximum absolute atomic E-state index is 12.7. The highest BCUT2D eigenvalue weighted by Crippen LogP contribution is 2.39. The molecule has 3 aromatic carbocycles. The van der Waals surface area contributed by atoms with Crippen molar-refractivity contribution in [2.45, 2.75) is 59.1 Å². The molecule has 0 bridgehead atoms. The van der Waals surface area contributed by atoms with Gasteiger partial charge in [-0.2, -0.15) is 10.1 Å². The molecule has 0 saturated carbocycles. The van der Waals surface area contributed by atoms with Gasteiger partial charge in [-0.15, -0.1) is 0 Å². The number of nitrogens with zero attached hydrogens (tertiary/aromatic N) is 7. The average molecular weight is 732 g/mol. The van der Waals surface area contributed by atoms with Crippen molar-refractivity contribution in [3.05, 3.63) is 102 Å². The molecule has 2 aliphatic heterocycles. The zero-order valence-corrected chi connectivity index (χ0v) is 32.5. The fourth-order valence-electron chi connectivity index (χ4n) is 7.48. The lowest BCUT2D eigenvalue weighted by Gasteiger charge is -2.52. The first-order valence-electron chi connectivity index (χ1n) is 19.0. The van der Waals surface area contributed by atoms with Crippen molar-refractivity contribution in [2.24, 2.45) is 7.05 Å². The predicted octanol–water partition coefficient (Wildman–Crippen LogP) is 7.20. The van der Waals surface area contributed by atoms with E-state index in [-0.39, 0.29) is 11.8 Å². The Labute approximate surface area is 319 Å². The summed E-state index contributed by atoms with van der Waals surface area (Å²) in [6.45, 7) is 17.7. The van der Waals surface area contributed by atoms with Gasteiger partial charge in [0.1, 0.15) is 24.5 Å². The zero-order chi connectivity index (χ0) is 37.9. The Morgan fingerprint density at radius 1 is 0.685 bits per heavy atom. The molecular formula is C43H53N7O4. The molecule has 11 nitrogen and oxygen atoms in total. The van der Waals surface area contributed by atoms with Gasteiger partial charge in [-0.25, -0.2) is 4.79 Å². The van der Waals surface area contributed by atoms with Crippen LogP contribution in [0.15, 0.2) is 91.0 Å². The van der Waals surface area contributed by atoms with Crippen LogP contribution >= 0.6 is 0 Å². The van der Waals surface area contributed by atoms with E-state index in [9.17, 15) is 4.79 Å². The Balaban J connectivity index is 1.07. The van der Waals surface area contributed by atoms with Gasteiger partial charge in [-0.05, 0) is 57.9 Å². The Morgan fingerprint density at radius 3 is 1.89 bits per heavy atom. The zero-order valence-electron chi connectivity index (χ0n) is 32.5. The van der Waals surface area contributed by atoms with Crippen molar-refractivity contribution < 1.29 is 19.0 Å².